The van der Waals surface area contributed by atoms with Gasteiger partial charge in [-0.2, -0.15) is 13.2 Å². The number of rotatable bonds is 2. The average molecular weight is 261 g/mol. The van der Waals surface area contributed by atoms with E-state index in [0.29, 0.717) is 16.9 Å². The fourth-order valence-corrected chi connectivity index (χ4v) is 1.96. The van der Waals surface area contributed by atoms with Gasteiger partial charge < -0.3 is 5.11 Å². The first-order chi connectivity index (χ1) is 7.98. The van der Waals surface area contributed by atoms with Gasteiger partial charge in [0.05, 0.1) is 4.88 Å². The molecular formula is C9H6F3N3OS. The highest BCUT2D eigenvalue weighted by atomic mass is 32.1. The summed E-state index contributed by atoms with van der Waals surface area (Å²) in [6, 6.07) is 0. The average Bonchev–Trinajstić information content (AvgIpc) is 2.78. The van der Waals surface area contributed by atoms with Crippen LogP contribution in [-0.2, 0) is 6.18 Å². The molecule has 2 heterocycles. The molecule has 17 heavy (non-hydrogen) atoms. The van der Waals surface area contributed by atoms with Crippen LogP contribution in [0.2, 0.25) is 0 Å². The molecule has 8 heteroatoms. The molecule has 0 spiro atoms. The molecule has 1 atom stereocenters. The van der Waals surface area contributed by atoms with Gasteiger partial charge in [0, 0.05) is 24.2 Å². The van der Waals surface area contributed by atoms with Gasteiger partial charge in [-0.1, -0.05) is 0 Å². The Hall–Kier alpha value is -1.54. The third-order valence-electron chi connectivity index (χ3n) is 1.93. The molecule has 0 saturated carbocycles. The van der Waals surface area contributed by atoms with Crippen LogP contribution in [0.25, 0.3) is 0 Å². The molecule has 0 aliphatic rings. The van der Waals surface area contributed by atoms with E-state index in [9.17, 15) is 18.3 Å². The molecule has 0 saturated heterocycles. The summed E-state index contributed by atoms with van der Waals surface area (Å²) in [5.41, 5.74) is 0.324. The van der Waals surface area contributed by atoms with Gasteiger partial charge in [-0.15, -0.1) is 11.3 Å². The zero-order valence-electron chi connectivity index (χ0n) is 8.22. The summed E-state index contributed by atoms with van der Waals surface area (Å²) in [7, 11) is 0. The van der Waals surface area contributed by atoms with Crippen molar-refractivity contribution in [3.63, 3.8) is 0 Å². The Morgan fingerprint density at radius 3 is 2.35 bits per heavy atom. The van der Waals surface area contributed by atoms with Gasteiger partial charge in [-0.3, -0.25) is 0 Å². The first kappa shape index (κ1) is 11.9. The number of aromatic nitrogens is 3. The van der Waals surface area contributed by atoms with Gasteiger partial charge in [0.1, 0.15) is 12.4 Å². The number of thiazole rings is 1. The molecule has 0 bridgehead atoms. The Balaban J connectivity index is 2.27. The molecule has 0 fully saturated rings. The van der Waals surface area contributed by atoms with Crippen LogP contribution in [0.15, 0.2) is 24.9 Å². The van der Waals surface area contributed by atoms with Crippen LogP contribution in [-0.4, -0.2) is 20.1 Å². The lowest BCUT2D eigenvalue weighted by Crippen LogP contribution is -2.03. The van der Waals surface area contributed by atoms with E-state index in [2.05, 4.69) is 15.0 Å². The number of hydrogen-bond acceptors (Lipinski definition) is 5. The fraction of sp³-hybridized carbons (Fsp3) is 0.222. The number of aliphatic hydroxyl groups excluding tert-OH is 1. The quantitative estimate of drug-likeness (QED) is 0.898. The maximum atomic E-state index is 12.3. The molecule has 1 unspecified atom stereocenters. The SMILES string of the molecule is OC(c1cncnc1)c1cnc(C(F)(F)F)s1. The highest BCUT2D eigenvalue weighted by molar-refractivity contribution is 7.11. The highest BCUT2D eigenvalue weighted by Gasteiger charge is 2.35. The smallest absolute Gasteiger partial charge is 0.383 e. The van der Waals surface area contributed by atoms with E-state index >= 15 is 0 Å². The lowest BCUT2D eigenvalue weighted by molar-refractivity contribution is -0.137. The Labute approximate surface area is 97.8 Å². The molecule has 90 valence electrons. The molecule has 2 aromatic heterocycles. The maximum absolute atomic E-state index is 12.3. The van der Waals surface area contributed by atoms with Crippen molar-refractivity contribution >= 4 is 11.3 Å². The van der Waals surface area contributed by atoms with Crippen molar-refractivity contribution in [3.05, 3.63) is 40.4 Å². The van der Waals surface area contributed by atoms with Gasteiger partial charge >= 0.3 is 6.18 Å². The molecular weight excluding hydrogens is 255 g/mol. The van der Waals surface area contributed by atoms with Crippen molar-refractivity contribution in [1.82, 2.24) is 15.0 Å². The minimum atomic E-state index is -4.49. The van der Waals surface area contributed by atoms with Crippen molar-refractivity contribution < 1.29 is 18.3 Å². The van der Waals surface area contributed by atoms with Crippen molar-refractivity contribution in [2.24, 2.45) is 0 Å². The van der Waals surface area contributed by atoms with Gasteiger partial charge in [0.15, 0.2) is 5.01 Å². The minimum absolute atomic E-state index is 0.104. The fourth-order valence-electron chi connectivity index (χ4n) is 1.16. The summed E-state index contributed by atoms with van der Waals surface area (Å²) in [6.45, 7) is 0. The normalized spacial score (nSPS) is 13.6. The van der Waals surface area contributed by atoms with Gasteiger partial charge in [0.2, 0.25) is 0 Å². The number of halogens is 3. The van der Waals surface area contributed by atoms with E-state index in [0.717, 1.165) is 6.20 Å². The molecule has 0 aliphatic carbocycles. The number of nitrogens with zero attached hydrogens (tertiary/aromatic N) is 3. The van der Waals surface area contributed by atoms with Gasteiger partial charge in [0.25, 0.3) is 0 Å². The van der Waals surface area contributed by atoms with E-state index in [1.807, 2.05) is 0 Å². The van der Waals surface area contributed by atoms with Crippen LogP contribution >= 0.6 is 11.3 Å². The second kappa shape index (κ2) is 4.38. The summed E-state index contributed by atoms with van der Waals surface area (Å²) in [5, 5.41) is 8.81. The third kappa shape index (κ3) is 2.59. The predicted molar refractivity (Wildman–Crippen MR) is 53.2 cm³/mol. The first-order valence-corrected chi connectivity index (χ1v) is 5.26. The topological polar surface area (TPSA) is 58.9 Å². The minimum Gasteiger partial charge on any atom is -0.383 e. The zero-order chi connectivity index (χ0) is 12.5. The predicted octanol–water partition coefficient (Wildman–Crippen LogP) is 2.03. The zero-order valence-corrected chi connectivity index (χ0v) is 9.03. The summed E-state index contributed by atoms with van der Waals surface area (Å²) < 4.78 is 36.9. The Morgan fingerprint density at radius 1 is 1.18 bits per heavy atom. The number of hydrogen-bond donors (Lipinski definition) is 1. The van der Waals surface area contributed by atoms with Crippen molar-refractivity contribution in [2.75, 3.05) is 0 Å². The Kier molecular flexibility index (Phi) is 3.07. The van der Waals surface area contributed by atoms with Crippen LogP contribution in [0, 0.1) is 0 Å². The molecule has 0 amide bonds. The largest absolute Gasteiger partial charge is 0.443 e. The van der Waals surface area contributed by atoms with Crippen LogP contribution < -0.4 is 0 Å². The molecule has 2 rings (SSSR count). The summed E-state index contributed by atoms with van der Waals surface area (Å²) in [5.74, 6) is 0. The summed E-state index contributed by atoms with van der Waals surface area (Å²) in [6.07, 6.45) is -0.731. The van der Waals surface area contributed by atoms with Crippen molar-refractivity contribution in [1.29, 1.82) is 0 Å². The van der Waals surface area contributed by atoms with E-state index in [4.69, 9.17) is 0 Å². The van der Waals surface area contributed by atoms with Gasteiger partial charge in [-0.05, 0) is 0 Å². The number of alkyl halides is 3. The van der Waals surface area contributed by atoms with Crippen LogP contribution in [0.1, 0.15) is 21.6 Å². The van der Waals surface area contributed by atoms with E-state index in [1.54, 1.807) is 0 Å². The molecule has 0 aliphatic heterocycles. The molecule has 2 aromatic rings. The second-order valence-corrected chi connectivity index (χ2v) is 4.20. The number of aliphatic hydroxyl groups is 1. The first-order valence-electron chi connectivity index (χ1n) is 4.44. The Morgan fingerprint density at radius 2 is 1.82 bits per heavy atom. The third-order valence-corrected chi connectivity index (χ3v) is 3.03. The van der Waals surface area contributed by atoms with Crippen LogP contribution in [0.3, 0.4) is 0 Å². The molecule has 0 radical (unpaired) electrons. The lowest BCUT2D eigenvalue weighted by Gasteiger charge is -2.06. The van der Waals surface area contributed by atoms with E-state index in [1.165, 1.54) is 18.7 Å². The van der Waals surface area contributed by atoms with E-state index < -0.39 is 17.3 Å². The van der Waals surface area contributed by atoms with Crippen LogP contribution in [0.4, 0.5) is 13.2 Å². The molecule has 1 N–H and O–H groups in total. The Bertz CT molecular complexity index is 500. The van der Waals surface area contributed by atoms with Gasteiger partial charge in [-0.25, -0.2) is 15.0 Å². The van der Waals surface area contributed by atoms with Crippen molar-refractivity contribution in [2.45, 2.75) is 12.3 Å². The standard InChI is InChI=1S/C9H6F3N3OS/c10-9(11,12)8-15-3-6(17-8)7(16)5-1-13-4-14-2-5/h1-4,7,16H. The summed E-state index contributed by atoms with van der Waals surface area (Å²) in [4.78, 5) is 10.7. The highest BCUT2D eigenvalue weighted by Crippen LogP contribution is 2.35. The monoisotopic (exact) mass is 261 g/mol. The summed E-state index contributed by atoms with van der Waals surface area (Å²) >= 11 is 0.401. The van der Waals surface area contributed by atoms with E-state index in [-0.39, 0.29) is 4.88 Å². The maximum Gasteiger partial charge on any atom is 0.443 e. The second-order valence-electron chi connectivity index (χ2n) is 3.14. The molecule has 4 nitrogen and oxygen atoms in total. The lowest BCUT2D eigenvalue weighted by atomic mass is 10.2. The molecule has 0 aromatic carbocycles. The van der Waals surface area contributed by atoms with Crippen molar-refractivity contribution in [3.8, 4) is 0 Å². The van der Waals surface area contributed by atoms with Crippen LogP contribution in [0.5, 0.6) is 0 Å².